The van der Waals surface area contributed by atoms with Gasteiger partial charge in [0.1, 0.15) is 5.69 Å². The summed E-state index contributed by atoms with van der Waals surface area (Å²) in [6.45, 7) is 3.53. The molecule has 1 amide bonds. The van der Waals surface area contributed by atoms with Crippen molar-refractivity contribution < 1.29 is 9.72 Å². The molecule has 2 aromatic carbocycles. The topological polar surface area (TPSA) is 75.5 Å². The van der Waals surface area contributed by atoms with E-state index in [0.717, 1.165) is 31.5 Å². The van der Waals surface area contributed by atoms with Gasteiger partial charge >= 0.3 is 0 Å². The van der Waals surface area contributed by atoms with Gasteiger partial charge in [-0.1, -0.05) is 18.2 Å². The average Bonchev–Trinajstić information content (AvgIpc) is 3.10. The van der Waals surface area contributed by atoms with Crippen LogP contribution >= 0.6 is 0 Å². The van der Waals surface area contributed by atoms with Crippen LogP contribution in [0.15, 0.2) is 42.5 Å². The van der Waals surface area contributed by atoms with Gasteiger partial charge in [0, 0.05) is 30.4 Å². The fourth-order valence-electron chi connectivity index (χ4n) is 2.94. The summed E-state index contributed by atoms with van der Waals surface area (Å²) in [4.78, 5) is 25.4. The molecule has 0 saturated carbocycles. The molecular weight excluding hydrogens is 306 g/mol. The Morgan fingerprint density at radius 1 is 1.17 bits per heavy atom. The molecular formula is C18H19N3O3. The van der Waals surface area contributed by atoms with E-state index in [0.29, 0.717) is 11.4 Å². The monoisotopic (exact) mass is 325 g/mol. The second-order valence-corrected chi connectivity index (χ2v) is 5.92. The van der Waals surface area contributed by atoms with Crippen LogP contribution in [0, 0.1) is 17.0 Å². The van der Waals surface area contributed by atoms with E-state index < -0.39 is 4.92 Å². The molecule has 6 heteroatoms. The normalized spacial score (nSPS) is 13.8. The van der Waals surface area contributed by atoms with Crippen LogP contribution in [0.4, 0.5) is 17.1 Å². The van der Waals surface area contributed by atoms with Crippen LogP contribution in [0.25, 0.3) is 0 Å². The Balaban J connectivity index is 1.88. The molecule has 1 aliphatic heterocycles. The first-order valence-corrected chi connectivity index (χ1v) is 7.96. The Hall–Kier alpha value is -2.89. The highest BCUT2D eigenvalue weighted by molar-refractivity contribution is 6.05. The van der Waals surface area contributed by atoms with E-state index in [1.807, 2.05) is 30.0 Å². The molecule has 3 rings (SSSR count). The molecule has 6 nitrogen and oxygen atoms in total. The van der Waals surface area contributed by atoms with E-state index in [-0.39, 0.29) is 17.2 Å². The van der Waals surface area contributed by atoms with Gasteiger partial charge in [-0.15, -0.1) is 0 Å². The van der Waals surface area contributed by atoms with E-state index in [1.54, 1.807) is 18.2 Å². The maximum absolute atomic E-state index is 12.4. The van der Waals surface area contributed by atoms with Crippen molar-refractivity contribution in [3.05, 3.63) is 63.7 Å². The molecule has 1 saturated heterocycles. The number of amides is 1. The largest absolute Gasteiger partial charge is 0.366 e. The lowest BCUT2D eigenvalue weighted by Gasteiger charge is -2.18. The zero-order valence-corrected chi connectivity index (χ0v) is 13.5. The maximum Gasteiger partial charge on any atom is 0.293 e. The fourth-order valence-corrected chi connectivity index (χ4v) is 2.94. The maximum atomic E-state index is 12.4. The van der Waals surface area contributed by atoms with Crippen molar-refractivity contribution in [2.24, 2.45) is 0 Å². The van der Waals surface area contributed by atoms with E-state index >= 15 is 0 Å². The third kappa shape index (κ3) is 3.22. The molecule has 0 aromatic heterocycles. The number of benzene rings is 2. The number of nitro groups is 1. The first-order chi connectivity index (χ1) is 11.6. The number of rotatable bonds is 4. The lowest BCUT2D eigenvalue weighted by molar-refractivity contribution is -0.384. The molecule has 1 N–H and O–H groups in total. The van der Waals surface area contributed by atoms with Crippen LogP contribution in [-0.4, -0.2) is 23.9 Å². The molecule has 1 aliphatic rings. The second-order valence-electron chi connectivity index (χ2n) is 5.92. The number of carbonyl (C=O) groups is 1. The van der Waals surface area contributed by atoms with E-state index in [9.17, 15) is 14.9 Å². The number of hydrogen-bond donors (Lipinski definition) is 1. The average molecular weight is 325 g/mol. The van der Waals surface area contributed by atoms with Gasteiger partial charge in [0.2, 0.25) is 0 Å². The van der Waals surface area contributed by atoms with Crippen LogP contribution < -0.4 is 10.2 Å². The van der Waals surface area contributed by atoms with Crippen molar-refractivity contribution >= 4 is 23.0 Å². The predicted molar refractivity (Wildman–Crippen MR) is 93.7 cm³/mol. The van der Waals surface area contributed by atoms with Gasteiger partial charge in [0.15, 0.2) is 0 Å². The van der Waals surface area contributed by atoms with Crippen molar-refractivity contribution in [3.63, 3.8) is 0 Å². The summed E-state index contributed by atoms with van der Waals surface area (Å²) in [6.07, 6.45) is 2.07. The molecule has 0 radical (unpaired) electrons. The zero-order chi connectivity index (χ0) is 17.1. The van der Waals surface area contributed by atoms with Gasteiger partial charge in [-0.3, -0.25) is 14.9 Å². The first kappa shape index (κ1) is 16.0. The van der Waals surface area contributed by atoms with E-state index in [4.69, 9.17) is 0 Å². The molecule has 1 heterocycles. The molecule has 0 unspecified atom stereocenters. The quantitative estimate of drug-likeness (QED) is 0.686. The standard InChI is InChI=1S/C18H19N3O3/c1-13-6-2-3-7-15(13)19-18(22)14-8-9-16(17(12-14)21(23)24)20-10-4-5-11-20/h2-3,6-9,12H,4-5,10-11H2,1H3,(H,19,22). The number of aryl methyl sites for hydroxylation is 1. The van der Waals surface area contributed by atoms with Crippen LogP contribution in [0.1, 0.15) is 28.8 Å². The minimum atomic E-state index is -0.418. The minimum Gasteiger partial charge on any atom is -0.366 e. The van der Waals surface area contributed by atoms with E-state index in [2.05, 4.69) is 5.32 Å². The summed E-state index contributed by atoms with van der Waals surface area (Å²) in [5, 5.41) is 14.2. The van der Waals surface area contributed by atoms with Crippen molar-refractivity contribution in [1.29, 1.82) is 0 Å². The fraction of sp³-hybridized carbons (Fsp3) is 0.278. The van der Waals surface area contributed by atoms with Gasteiger partial charge in [-0.2, -0.15) is 0 Å². The Kier molecular flexibility index (Phi) is 4.46. The summed E-state index contributed by atoms with van der Waals surface area (Å²) in [5.74, 6) is -0.347. The van der Waals surface area contributed by atoms with Gasteiger partial charge in [-0.05, 0) is 43.5 Å². The van der Waals surface area contributed by atoms with Crippen molar-refractivity contribution in [3.8, 4) is 0 Å². The van der Waals surface area contributed by atoms with Crippen LogP contribution in [0.5, 0.6) is 0 Å². The van der Waals surface area contributed by atoms with Gasteiger partial charge in [-0.25, -0.2) is 0 Å². The highest BCUT2D eigenvalue weighted by Crippen LogP contribution is 2.32. The predicted octanol–water partition coefficient (Wildman–Crippen LogP) is 3.76. The first-order valence-electron chi connectivity index (χ1n) is 7.96. The van der Waals surface area contributed by atoms with Crippen LogP contribution in [-0.2, 0) is 0 Å². The number of anilines is 2. The summed E-state index contributed by atoms with van der Waals surface area (Å²) in [7, 11) is 0. The van der Waals surface area contributed by atoms with Crippen molar-refractivity contribution in [2.75, 3.05) is 23.3 Å². The Bertz CT molecular complexity index is 783. The number of nitro benzene ring substituents is 1. The van der Waals surface area contributed by atoms with Crippen LogP contribution in [0.3, 0.4) is 0 Å². The lowest BCUT2D eigenvalue weighted by Crippen LogP contribution is -2.20. The number of nitrogens with one attached hydrogen (secondary N) is 1. The summed E-state index contributed by atoms with van der Waals surface area (Å²) >= 11 is 0. The molecule has 1 fully saturated rings. The molecule has 0 atom stereocenters. The highest BCUT2D eigenvalue weighted by Gasteiger charge is 2.23. The van der Waals surface area contributed by atoms with Crippen LogP contribution in [0.2, 0.25) is 0 Å². The highest BCUT2D eigenvalue weighted by atomic mass is 16.6. The van der Waals surface area contributed by atoms with Crippen molar-refractivity contribution in [1.82, 2.24) is 0 Å². The Morgan fingerprint density at radius 3 is 2.54 bits per heavy atom. The zero-order valence-electron chi connectivity index (χ0n) is 13.5. The number of nitrogens with zero attached hydrogens (tertiary/aromatic N) is 2. The number of carbonyl (C=O) groups excluding carboxylic acids is 1. The molecule has 2 aromatic rings. The minimum absolute atomic E-state index is 0.0191. The van der Waals surface area contributed by atoms with Gasteiger partial charge in [0.25, 0.3) is 11.6 Å². The van der Waals surface area contributed by atoms with Crippen molar-refractivity contribution in [2.45, 2.75) is 19.8 Å². The summed E-state index contributed by atoms with van der Waals surface area (Å²) in [6, 6.07) is 12.1. The van der Waals surface area contributed by atoms with Gasteiger partial charge in [0.05, 0.1) is 4.92 Å². The summed E-state index contributed by atoms with van der Waals surface area (Å²) < 4.78 is 0. The second kappa shape index (κ2) is 6.70. The SMILES string of the molecule is Cc1ccccc1NC(=O)c1ccc(N2CCCC2)c([N+](=O)[O-])c1. The molecule has 0 spiro atoms. The molecule has 124 valence electrons. The van der Waals surface area contributed by atoms with Gasteiger partial charge < -0.3 is 10.2 Å². The summed E-state index contributed by atoms with van der Waals surface area (Å²) in [5.41, 5.74) is 2.50. The Morgan fingerprint density at radius 2 is 1.88 bits per heavy atom. The smallest absolute Gasteiger partial charge is 0.293 e. The third-order valence-electron chi connectivity index (χ3n) is 4.27. The van der Waals surface area contributed by atoms with E-state index in [1.165, 1.54) is 6.07 Å². The number of hydrogen-bond acceptors (Lipinski definition) is 4. The number of para-hydroxylation sites is 1. The third-order valence-corrected chi connectivity index (χ3v) is 4.27. The molecule has 0 aliphatic carbocycles. The molecule has 0 bridgehead atoms. The Labute approximate surface area is 140 Å². The molecule has 24 heavy (non-hydrogen) atoms. The lowest BCUT2D eigenvalue weighted by atomic mass is 10.1.